The lowest BCUT2D eigenvalue weighted by Crippen LogP contribution is -2.31. The van der Waals surface area contributed by atoms with Gasteiger partial charge in [0, 0.05) is 23.4 Å². The summed E-state index contributed by atoms with van der Waals surface area (Å²) < 4.78 is 97.1. The van der Waals surface area contributed by atoms with Crippen LogP contribution in [0.5, 0.6) is 11.9 Å². The Morgan fingerprint density at radius 3 is 2.44 bits per heavy atom. The summed E-state index contributed by atoms with van der Waals surface area (Å²) in [6.07, 6.45) is -0.547. The fraction of sp³-hybridized carbons (Fsp3) is 0.300. The van der Waals surface area contributed by atoms with Crippen molar-refractivity contribution in [3.63, 3.8) is 0 Å². The summed E-state index contributed by atoms with van der Waals surface area (Å²) in [5, 5.41) is 0. The number of nitrogens with one attached hydrogen (secondary N) is 2. The van der Waals surface area contributed by atoms with Gasteiger partial charge in [0.1, 0.15) is 20.9 Å². The molecule has 10 nitrogen and oxygen atoms in total. The van der Waals surface area contributed by atoms with Gasteiger partial charge in [-0.15, -0.1) is 0 Å². The lowest BCUT2D eigenvalue weighted by Gasteiger charge is -2.15. The van der Waals surface area contributed by atoms with Gasteiger partial charge in [0.15, 0.2) is 5.82 Å². The van der Waals surface area contributed by atoms with E-state index in [4.69, 9.17) is 19.1 Å². The van der Waals surface area contributed by atoms with Crippen LogP contribution in [0, 0.1) is 6.92 Å². The average Bonchev–Trinajstić information content (AvgIpc) is 2.87. The minimum Gasteiger partial charge on any atom is -0.473 e. The molecule has 12 heteroatoms. The van der Waals surface area contributed by atoms with E-state index in [0.717, 1.165) is 0 Å². The Bertz CT molecular complexity index is 1460. The Balaban J connectivity index is 2.05. The molecule has 0 unspecified atom stereocenters. The molecular weight excluding hydrogens is 500 g/mol. The van der Waals surface area contributed by atoms with Gasteiger partial charge >= 0.3 is 6.01 Å². The molecule has 2 aromatic heterocycles. The molecule has 2 heterocycles. The monoisotopic (exact) mass is 529 g/mol. The van der Waals surface area contributed by atoms with Crippen molar-refractivity contribution in [2.24, 2.45) is 0 Å². The van der Waals surface area contributed by atoms with Gasteiger partial charge in [0.2, 0.25) is 5.88 Å². The zero-order chi connectivity index (χ0) is 29.1. The van der Waals surface area contributed by atoms with Crippen LogP contribution in [0.3, 0.4) is 0 Å². The van der Waals surface area contributed by atoms with Crippen LogP contribution >= 0.6 is 15.9 Å². The first-order chi connectivity index (χ1) is 18.3. The van der Waals surface area contributed by atoms with Crippen molar-refractivity contribution in [3.05, 3.63) is 52.9 Å². The molecule has 0 fully saturated rings. The first-order valence-corrected chi connectivity index (χ1v) is 11.5. The molecule has 3 aromatic rings. The van der Waals surface area contributed by atoms with E-state index in [1.54, 1.807) is 6.92 Å². The van der Waals surface area contributed by atoms with Crippen molar-refractivity contribution in [2.45, 2.75) is 20.3 Å². The summed E-state index contributed by atoms with van der Waals surface area (Å²) in [6.45, 7) is 2.83. The maximum absolute atomic E-state index is 12.6. The zero-order valence-corrected chi connectivity index (χ0v) is 19.4. The quantitative estimate of drug-likeness (QED) is 0.362. The summed E-state index contributed by atoms with van der Waals surface area (Å²) in [5.74, 6) is -0.917. The third-order valence-electron chi connectivity index (χ3n) is 3.57. The maximum atomic E-state index is 12.6. The smallest absolute Gasteiger partial charge is 0.316 e. The van der Waals surface area contributed by atoms with Crippen LogP contribution in [0.4, 0.5) is 5.82 Å². The highest BCUT2D eigenvalue weighted by molar-refractivity contribution is 9.10. The normalized spacial score (nSPS) is 14.3. The summed E-state index contributed by atoms with van der Waals surface area (Å²) in [4.78, 5) is 15.3. The second-order valence-corrected chi connectivity index (χ2v) is 8.39. The molecule has 0 saturated heterocycles. The Labute approximate surface area is 205 Å². The van der Waals surface area contributed by atoms with Crippen molar-refractivity contribution >= 4 is 32.0 Å². The van der Waals surface area contributed by atoms with Crippen LogP contribution in [0.15, 0.2) is 47.3 Å². The predicted molar refractivity (Wildman–Crippen MR) is 124 cm³/mol. The van der Waals surface area contributed by atoms with E-state index >= 15 is 0 Å². The van der Waals surface area contributed by atoms with E-state index in [2.05, 4.69) is 45.3 Å². The van der Waals surface area contributed by atoms with Gasteiger partial charge in [-0.2, -0.15) is 13.1 Å². The molecule has 32 heavy (non-hydrogen) atoms. The predicted octanol–water partition coefficient (Wildman–Crippen LogP) is 3.12. The second-order valence-electron chi connectivity index (χ2n) is 6.09. The van der Waals surface area contributed by atoms with Gasteiger partial charge < -0.3 is 9.47 Å². The van der Waals surface area contributed by atoms with Gasteiger partial charge in [-0.25, -0.2) is 19.9 Å². The molecule has 0 atom stereocenters. The molecule has 170 valence electrons. The van der Waals surface area contributed by atoms with Crippen molar-refractivity contribution in [3.8, 4) is 23.0 Å². The largest absolute Gasteiger partial charge is 0.473 e. The van der Waals surface area contributed by atoms with Crippen LogP contribution < -0.4 is 18.9 Å². The van der Waals surface area contributed by atoms with E-state index in [1.807, 2.05) is 0 Å². The van der Waals surface area contributed by atoms with Crippen molar-refractivity contribution in [2.75, 3.05) is 24.5 Å². The van der Waals surface area contributed by atoms with Gasteiger partial charge in [-0.1, -0.05) is 34.9 Å². The first kappa shape index (κ1) is 15.9. The number of aromatic nitrogens is 4. The highest BCUT2D eigenvalue weighted by atomic mass is 79.9. The number of rotatable bonds is 11. The zero-order valence-electron chi connectivity index (χ0n) is 24.0. The molecule has 0 aliphatic carbocycles. The Morgan fingerprint density at radius 1 is 1.06 bits per heavy atom. The van der Waals surface area contributed by atoms with Crippen molar-refractivity contribution in [1.82, 2.24) is 24.7 Å². The molecule has 0 aliphatic rings. The molecule has 3 rings (SSSR count). The van der Waals surface area contributed by atoms with E-state index in [-0.39, 0.29) is 59.3 Å². The van der Waals surface area contributed by atoms with E-state index in [9.17, 15) is 8.42 Å². The Kier molecular flexibility index (Phi) is 5.54. The number of benzene rings is 1. The third-order valence-corrected chi connectivity index (χ3v) is 5.02. The summed E-state index contributed by atoms with van der Waals surface area (Å²) in [6, 6.07) is -2.20. The molecule has 0 aliphatic heterocycles. The number of hydrogen-bond acceptors (Lipinski definition) is 8. The Morgan fingerprint density at radius 2 is 1.75 bits per heavy atom. The van der Waals surface area contributed by atoms with Gasteiger partial charge in [0.25, 0.3) is 10.2 Å². The van der Waals surface area contributed by atoms with E-state index in [0.29, 0.717) is 6.42 Å². The number of nitrogens with zero attached hydrogens (tertiary/aromatic N) is 4. The molecule has 1 aromatic carbocycles. The van der Waals surface area contributed by atoms with Crippen molar-refractivity contribution < 1.29 is 27.5 Å². The summed E-state index contributed by atoms with van der Waals surface area (Å²) in [5.41, 5.74) is -0.423. The van der Waals surface area contributed by atoms with Gasteiger partial charge in [-0.3, -0.25) is 4.72 Å². The Hall–Kier alpha value is -2.83. The lowest BCUT2D eigenvalue weighted by atomic mass is 10.1. The van der Waals surface area contributed by atoms with Gasteiger partial charge in [-0.05, 0) is 36.6 Å². The minimum atomic E-state index is -4.22. The number of ether oxygens (including phenoxy) is 2. The highest BCUT2D eigenvalue weighted by Crippen LogP contribution is 2.34. The molecule has 0 amide bonds. The standard InChI is InChI=1S/C20H23BrN6O4S/c1-3-8-26-32(28,29)27-18-17(15-4-6-16(21)7-5-15)19(25-13-24-18)30-9-10-31-20-22-11-14(2)12-23-20/h4-7,11-13,26H,3,8-10H2,1-2H3,(H,24,25,27)/i4D,5D,6D,7D,11D,12D,13D. The molecule has 0 radical (unpaired) electrons. The summed E-state index contributed by atoms with van der Waals surface area (Å²) >= 11 is 3.02. The fourth-order valence-electron chi connectivity index (χ4n) is 2.21. The van der Waals surface area contributed by atoms with Crippen LogP contribution in [0.25, 0.3) is 11.1 Å². The van der Waals surface area contributed by atoms with E-state index < -0.39 is 52.4 Å². The SMILES string of the molecule is [2H]c1nc(NS(=O)(=O)NCCC)c(-c2c([2H])c([2H])c(Br)c([2H])c2[2H])c(OCCOc2nc([2H])c(C)c([2H])n2)n1. The lowest BCUT2D eigenvalue weighted by molar-refractivity contribution is 0.202. The number of anilines is 1. The molecule has 0 saturated carbocycles. The van der Waals surface area contributed by atoms with Crippen LogP contribution in [0.1, 0.15) is 28.5 Å². The topological polar surface area (TPSA) is 128 Å². The second kappa shape index (κ2) is 11.2. The molecule has 2 N–H and O–H groups in total. The third kappa shape index (κ3) is 6.84. The minimum absolute atomic E-state index is 0.0880. The van der Waals surface area contributed by atoms with Crippen LogP contribution in [-0.2, 0) is 10.2 Å². The first-order valence-electron chi connectivity index (χ1n) is 12.8. The van der Waals surface area contributed by atoms with Crippen molar-refractivity contribution in [1.29, 1.82) is 0 Å². The fourth-order valence-corrected chi connectivity index (χ4v) is 3.35. The molecular formula is C20H23BrN6O4S. The number of hydrogen-bond donors (Lipinski definition) is 2. The van der Waals surface area contributed by atoms with Crippen LogP contribution in [-0.4, -0.2) is 48.1 Å². The maximum Gasteiger partial charge on any atom is 0.316 e. The van der Waals surface area contributed by atoms with E-state index in [1.165, 1.54) is 6.92 Å². The average molecular weight is 530 g/mol. The highest BCUT2D eigenvalue weighted by Gasteiger charge is 2.19. The summed E-state index contributed by atoms with van der Waals surface area (Å²) in [7, 11) is -4.22. The van der Waals surface area contributed by atoms with Crippen LogP contribution in [0.2, 0.25) is 0 Å². The van der Waals surface area contributed by atoms with Gasteiger partial charge in [0.05, 0.1) is 13.8 Å². The molecule has 0 bridgehead atoms. The molecule has 0 spiro atoms. The number of halogens is 1.